The Morgan fingerprint density at radius 2 is 1.70 bits per heavy atom. The molecule has 0 heterocycles. The fourth-order valence-corrected chi connectivity index (χ4v) is 4.06. The Kier molecular flexibility index (Phi) is 10.4. The predicted octanol–water partition coefficient (Wildman–Crippen LogP) is 5.32. The standard InChI is InChI=1S/C24H31BrN2O2S/c1-4-5-14-26-24(29)19(3)27(15-20-8-6-18(2)7-9-20)23(28)17-30-16-21-10-12-22(25)13-11-21/h6-13,19H,4-5,14-17H2,1-3H3,(H,26,29)/t19-/m0/s1. The van der Waals surface area contributed by atoms with Gasteiger partial charge in [-0.05, 0) is 43.5 Å². The van der Waals surface area contributed by atoms with E-state index < -0.39 is 6.04 Å². The van der Waals surface area contributed by atoms with Crippen LogP contribution in [0.5, 0.6) is 0 Å². The fourth-order valence-electron chi connectivity index (χ4n) is 2.93. The molecule has 162 valence electrons. The number of hydrogen-bond donors (Lipinski definition) is 1. The maximum atomic E-state index is 13.1. The van der Waals surface area contributed by atoms with Crippen LogP contribution in [-0.4, -0.2) is 35.1 Å². The number of amides is 2. The molecule has 0 aliphatic carbocycles. The van der Waals surface area contributed by atoms with Gasteiger partial charge in [0.25, 0.3) is 0 Å². The number of halogens is 1. The molecule has 0 aliphatic heterocycles. The molecule has 0 unspecified atom stereocenters. The van der Waals surface area contributed by atoms with Gasteiger partial charge in [-0.25, -0.2) is 0 Å². The van der Waals surface area contributed by atoms with E-state index in [4.69, 9.17) is 0 Å². The van der Waals surface area contributed by atoms with E-state index in [1.807, 2.05) is 50.2 Å². The summed E-state index contributed by atoms with van der Waals surface area (Å²) in [6.45, 7) is 7.01. The quantitative estimate of drug-likeness (QED) is 0.433. The first-order valence-corrected chi connectivity index (χ1v) is 12.3. The number of benzene rings is 2. The van der Waals surface area contributed by atoms with E-state index in [-0.39, 0.29) is 11.8 Å². The lowest BCUT2D eigenvalue weighted by Crippen LogP contribution is -2.48. The molecule has 0 bridgehead atoms. The second kappa shape index (κ2) is 12.8. The Morgan fingerprint density at radius 3 is 2.33 bits per heavy atom. The van der Waals surface area contributed by atoms with Crippen molar-refractivity contribution in [3.8, 4) is 0 Å². The summed E-state index contributed by atoms with van der Waals surface area (Å²) < 4.78 is 1.04. The van der Waals surface area contributed by atoms with Crippen molar-refractivity contribution in [2.24, 2.45) is 0 Å². The topological polar surface area (TPSA) is 49.4 Å². The number of nitrogens with one attached hydrogen (secondary N) is 1. The van der Waals surface area contributed by atoms with Crippen LogP contribution in [0.15, 0.2) is 53.0 Å². The van der Waals surface area contributed by atoms with Crippen LogP contribution >= 0.6 is 27.7 Å². The van der Waals surface area contributed by atoms with Crippen molar-refractivity contribution < 1.29 is 9.59 Å². The first-order chi connectivity index (χ1) is 14.4. The van der Waals surface area contributed by atoms with Crippen LogP contribution in [0.3, 0.4) is 0 Å². The average molecular weight is 491 g/mol. The van der Waals surface area contributed by atoms with Crippen LogP contribution in [0.1, 0.15) is 43.4 Å². The molecule has 1 N–H and O–H groups in total. The van der Waals surface area contributed by atoms with Crippen LogP contribution in [-0.2, 0) is 21.9 Å². The number of aryl methyl sites for hydroxylation is 1. The van der Waals surface area contributed by atoms with Gasteiger partial charge in [-0.1, -0.05) is 71.2 Å². The third-order valence-corrected chi connectivity index (χ3v) is 6.40. The van der Waals surface area contributed by atoms with E-state index in [2.05, 4.69) is 40.3 Å². The number of rotatable bonds is 11. The second-order valence-corrected chi connectivity index (χ2v) is 9.35. The molecule has 1 atom stereocenters. The van der Waals surface area contributed by atoms with Crippen molar-refractivity contribution in [3.63, 3.8) is 0 Å². The minimum absolute atomic E-state index is 0.0178. The summed E-state index contributed by atoms with van der Waals surface area (Å²) in [6, 6.07) is 15.7. The number of unbranched alkanes of at least 4 members (excludes halogenated alkanes) is 1. The van der Waals surface area contributed by atoms with Gasteiger partial charge in [0, 0.05) is 23.3 Å². The normalized spacial score (nSPS) is 11.7. The summed E-state index contributed by atoms with van der Waals surface area (Å²) in [5, 5.41) is 2.96. The molecule has 0 fully saturated rings. The van der Waals surface area contributed by atoms with Gasteiger partial charge in [0.05, 0.1) is 5.75 Å². The molecule has 2 aromatic rings. The van der Waals surface area contributed by atoms with E-state index in [1.54, 1.807) is 16.7 Å². The SMILES string of the molecule is CCCCNC(=O)[C@H](C)N(Cc1ccc(C)cc1)C(=O)CSCc1ccc(Br)cc1. The van der Waals surface area contributed by atoms with Crippen molar-refractivity contribution in [3.05, 3.63) is 69.7 Å². The largest absolute Gasteiger partial charge is 0.354 e. The monoisotopic (exact) mass is 490 g/mol. The highest BCUT2D eigenvalue weighted by Gasteiger charge is 2.25. The van der Waals surface area contributed by atoms with Gasteiger partial charge < -0.3 is 10.2 Å². The lowest BCUT2D eigenvalue weighted by molar-refractivity contribution is -0.138. The molecule has 2 amide bonds. The van der Waals surface area contributed by atoms with Crippen molar-refractivity contribution in [1.29, 1.82) is 0 Å². The van der Waals surface area contributed by atoms with Gasteiger partial charge in [0.2, 0.25) is 11.8 Å². The maximum absolute atomic E-state index is 13.1. The van der Waals surface area contributed by atoms with Gasteiger partial charge in [-0.2, -0.15) is 0 Å². The third kappa shape index (κ3) is 8.15. The summed E-state index contributed by atoms with van der Waals surface area (Å²) in [5.74, 6) is 0.987. The summed E-state index contributed by atoms with van der Waals surface area (Å²) in [7, 11) is 0. The molecule has 0 spiro atoms. The van der Waals surface area contributed by atoms with Crippen LogP contribution in [0, 0.1) is 6.92 Å². The summed E-state index contributed by atoms with van der Waals surface area (Å²) in [5.41, 5.74) is 3.37. The van der Waals surface area contributed by atoms with Gasteiger partial charge in [0.15, 0.2) is 0 Å². The second-order valence-electron chi connectivity index (χ2n) is 7.45. The minimum atomic E-state index is -0.510. The lowest BCUT2D eigenvalue weighted by atomic mass is 10.1. The van der Waals surface area contributed by atoms with Gasteiger partial charge in [-0.3, -0.25) is 9.59 Å². The fraction of sp³-hybridized carbons (Fsp3) is 0.417. The van der Waals surface area contributed by atoms with E-state index in [0.29, 0.717) is 18.8 Å². The molecule has 30 heavy (non-hydrogen) atoms. The van der Waals surface area contributed by atoms with Crippen molar-refractivity contribution >= 4 is 39.5 Å². The highest BCUT2D eigenvalue weighted by Crippen LogP contribution is 2.18. The van der Waals surface area contributed by atoms with Crippen molar-refractivity contribution in [1.82, 2.24) is 10.2 Å². The summed E-state index contributed by atoms with van der Waals surface area (Å²) in [4.78, 5) is 27.4. The van der Waals surface area contributed by atoms with Crippen LogP contribution in [0.4, 0.5) is 0 Å². The molecule has 6 heteroatoms. The molecular weight excluding hydrogens is 460 g/mol. The van der Waals surface area contributed by atoms with Gasteiger partial charge in [-0.15, -0.1) is 11.8 Å². The number of thioether (sulfide) groups is 1. The zero-order valence-corrected chi connectivity index (χ0v) is 20.4. The predicted molar refractivity (Wildman–Crippen MR) is 129 cm³/mol. The highest BCUT2D eigenvalue weighted by atomic mass is 79.9. The zero-order valence-electron chi connectivity index (χ0n) is 18.0. The highest BCUT2D eigenvalue weighted by molar-refractivity contribution is 9.10. The lowest BCUT2D eigenvalue weighted by Gasteiger charge is -2.29. The Bertz CT molecular complexity index is 809. The van der Waals surface area contributed by atoms with Gasteiger partial charge >= 0.3 is 0 Å². The van der Waals surface area contributed by atoms with Crippen molar-refractivity contribution in [2.45, 2.75) is 52.0 Å². The van der Waals surface area contributed by atoms with Crippen LogP contribution in [0.25, 0.3) is 0 Å². The maximum Gasteiger partial charge on any atom is 0.242 e. The third-order valence-electron chi connectivity index (χ3n) is 4.88. The Morgan fingerprint density at radius 1 is 1.07 bits per heavy atom. The average Bonchev–Trinajstić information content (AvgIpc) is 2.74. The van der Waals surface area contributed by atoms with Crippen LogP contribution in [0.2, 0.25) is 0 Å². The summed E-state index contributed by atoms with van der Waals surface area (Å²) in [6.07, 6.45) is 1.96. The van der Waals surface area contributed by atoms with Crippen molar-refractivity contribution in [2.75, 3.05) is 12.3 Å². The molecular formula is C24H31BrN2O2S. The van der Waals surface area contributed by atoms with E-state index in [0.717, 1.165) is 28.6 Å². The number of nitrogens with zero attached hydrogens (tertiary/aromatic N) is 1. The molecule has 0 radical (unpaired) electrons. The van der Waals surface area contributed by atoms with E-state index in [9.17, 15) is 9.59 Å². The summed E-state index contributed by atoms with van der Waals surface area (Å²) >= 11 is 5.01. The molecule has 2 rings (SSSR count). The first-order valence-electron chi connectivity index (χ1n) is 10.4. The van der Waals surface area contributed by atoms with Gasteiger partial charge in [0.1, 0.15) is 6.04 Å². The van der Waals surface area contributed by atoms with E-state index in [1.165, 1.54) is 11.1 Å². The van der Waals surface area contributed by atoms with E-state index >= 15 is 0 Å². The first kappa shape index (κ1) is 24.5. The number of carbonyl (C=O) groups excluding carboxylic acids is 2. The zero-order chi connectivity index (χ0) is 21.9. The Labute approximate surface area is 192 Å². The molecule has 2 aromatic carbocycles. The molecule has 0 saturated heterocycles. The molecule has 0 saturated carbocycles. The van der Waals surface area contributed by atoms with Crippen LogP contribution < -0.4 is 5.32 Å². The molecule has 0 aromatic heterocycles. The molecule has 4 nitrogen and oxygen atoms in total. The number of carbonyl (C=O) groups is 2. The Hall–Kier alpha value is -1.79. The Balaban J connectivity index is 2.02. The number of hydrogen-bond acceptors (Lipinski definition) is 3. The minimum Gasteiger partial charge on any atom is -0.354 e. The molecule has 0 aliphatic rings. The smallest absolute Gasteiger partial charge is 0.242 e.